The molecule has 0 radical (unpaired) electrons. The Hall–Kier alpha value is -1.84. The van der Waals surface area contributed by atoms with Gasteiger partial charge in [-0.3, -0.25) is 9.59 Å². The Bertz CT molecular complexity index is 661. The van der Waals surface area contributed by atoms with Crippen molar-refractivity contribution in [2.75, 3.05) is 5.32 Å². The SMILES string of the molecule is CC(=O)c1ccc(NC(=O)Cc2c(Cl)cccc2Cl)cc1. The van der Waals surface area contributed by atoms with Crippen LogP contribution in [0.25, 0.3) is 0 Å². The van der Waals surface area contributed by atoms with Gasteiger partial charge >= 0.3 is 0 Å². The number of carbonyl (C=O) groups excluding carboxylic acids is 2. The Morgan fingerprint density at radius 3 is 2.10 bits per heavy atom. The minimum atomic E-state index is -0.222. The van der Waals surface area contributed by atoms with Crippen LogP contribution in [0.5, 0.6) is 0 Å². The molecule has 0 spiro atoms. The number of nitrogens with one attached hydrogen (secondary N) is 1. The van der Waals surface area contributed by atoms with Crippen LogP contribution in [0.15, 0.2) is 42.5 Å². The molecule has 2 aromatic carbocycles. The Labute approximate surface area is 132 Å². The Morgan fingerprint density at radius 2 is 1.57 bits per heavy atom. The molecule has 0 saturated carbocycles. The fraction of sp³-hybridized carbons (Fsp3) is 0.125. The monoisotopic (exact) mass is 321 g/mol. The van der Waals surface area contributed by atoms with Crippen molar-refractivity contribution in [2.45, 2.75) is 13.3 Å². The van der Waals surface area contributed by atoms with Gasteiger partial charge in [0.15, 0.2) is 5.78 Å². The third kappa shape index (κ3) is 4.06. The zero-order valence-corrected chi connectivity index (χ0v) is 12.8. The first kappa shape index (κ1) is 15.5. The van der Waals surface area contributed by atoms with Gasteiger partial charge in [-0.15, -0.1) is 0 Å². The van der Waals surface area contributed by atoms with Crippen molar-refractivity contribution in [3.8, 4) is 0 Å². The van der Waals surface area contributed by atoms with Gasteiger partial charge in [-0.25, -0.2) is 0 Å². The topological polar surface area (TPSA) is 46.2 Å². The van der Waals surface area contributed by atoms with E-state index in [-0.39, 0.29) is 18.1 Å². The van der Waals surface area contributed by atoms with Crippen LogP contribution in [0, 0.1) is 0 Å². The van der Waals surface area contributed by atoms with Crippen molar-refractivity contribution in [2.24, 2.45) is 0 Å². The summed E-state index contributed by atoms with van der Waals surface area (Å²) in [6, 6.07) is 11.8. The summed E-state index contributed by atoms with van der Waals surface area (Å²) in [5.41, 5.74) is 1.81. The number of benzene rings is 2. The first-order valence-electron chi connectivity index (χ1n) is 6.31. The molecule has 0 saturated heterocycles. The van der Waals surface area contributed by atoms with Gasteiger partial charge in [0.05, 0.1) is 6.42 Å². The first-order valence-corrected chi connectivity index (χ1v) is 7.06. The van der Waals surface area contributed by atoms with Gasteiger partial charge in [-0.05, 0) is 48.9 Å². The number of hydrogen-bond acceptors (Lipinski definition) is 2. The van der Waals surface area contributed by atoms with Gasteiger partial charge in [0.1, 0.15) is 0 Å². The van der Waals surface area contributed by atoms with E-state index in [1.165, 1.54) is 6.92 Å². The molecule has 0 unspecified atom stereocenters. The molecule has 0 aliphatic carbocycles. The minimum absolute atomic E-state index is 0.0178. The molecule has 2 aromatic rings. The van der Waals surface area contributed by atoms with Crippen LogP contribution in [0.4, 0.5) is 5.69 Å². The zero-order valence-electron chi connectivity index (χ0n) is 11.3. The van der Waals surface area contributed by atoms with Crippen molar-refractivity contribution >= 4 is 40.6 Å². The quantitative estimate of drug-likeness (QED) is 0.849. The molecule has 0 aliphatic heterocycles. The van der Waals surface area contributed by atoms with Crippen LogP contribution >= 0.6 is 23.2 Å². The molecule has 1 amide bonds. The summed E-state index contributed by atoms with van der Waals surface area (Å²) in [5, 5.41) is 3.67. The summed E-state index contributed by atoms with van der Waals surface area (Å²) in [5.74, 6) is -0.240. The highest BCUT2D eigenvalue weighted by atomic mass is 35.5. The van der Waals surface area contributed by atoms with E-state index in [2.05, 4.69) is 5.32 Å². The lowest BCUT2D eigenvalue weighted by Gasteiger charge is -2.08. The summed E-state index contributed by atoms with van der Waals surface area (Å²) >= 11 is 12.1. The number of Topliss-reactive ketones (excluding diaryl/α,β-unsaturated/α-hetero) is 1. The lowest BCUT2D eigenvalue weighted by Crippen LogP contribution is -2.15. The minimum Gasteiger partial charge on any atom is -0.326 e. The van der Waals surface area contributed by atoms with Crippen LogP contribution in [-0.2, 0) is 11.2 Å². The Balaban J connectivity index is 2.06. The molecular weight excluding hydrogens is 309 g/mol. The number of amides is 1. The van der Waals surface area contributed by atoms with Crippen molar-refractivity contribution in [3.63, 3.8) is 0 Å². The molecule has 0 atom stereocenters. The number of anilines is 1. The van der Waals surface area contributed by atoms with Crippen LogP contribution in [0.2, 0.25) is 10.0 Å². The Morgan fingerprint density at radius 1 is 1.00 bits per heavy atom. The molecule has 1 N–H and O–H groups in total. The number of rotatable bonds is 4. The molecule has 5 heteroatoms. The molecule has 2 rings (SSSR count). The van der Waals surface area contributed by atoms with E-state index in [0.717, 1.165) is 0 Å². The van der Waals surface area contributed by atoms with Crippen LogP contribution in [0.1, 0.15) is 22.8 Å². The van der Waals surface area contributed by atoms with Gasteiger partial charge in [0, 0.05) is 21.3 Å². The van der Waals surface area contributed by atoms with Gasteiger partial charge in [0.2, 0.25) is 5.91 Å². The highest BCUT2D eigenvalue weighted by Gasteiger charge is 2.11. The summed E-state index contributed by atoms with van der Waals surface area (Å²) in [6.45, 7) is 1.49. The second kappa shape index (κ2) is 6.74. The van der Waals surface area contributed by atoms with Crippen LogP contribution in [0.3, 0.4) is 0 Å². The molecule has 3 nitrogen and oxygen atoms in total. The molecule has 0 aromatic heterocycles. The van der Waals surface area contributed by atoms with Gasteiger partial charge in [-0.1, -0.05) is 29.3 Å². The van der Waals surface area contributed by atoms with E-state index in [9.17, 15) is 9.59 Å². The average molecular weight is 322 g/mol. The first-order chi connectivity index (χ1) is 9.97. The van der Waals surface area contributed by atoms with E-state index < -0.39 is 0 Å². The maximum absolute atomic E-state index is 12.0. The lowest BCUT2D eigenvalue weighted by atomic mass is 10.1. The van der Waals surface area contributed by atoms with E-state index >= 15 is 0 Å². The van der Waals surface area contributed by atoms with Crippen molar-refractivity contribution in [1.82, 2.24) is 0 Å². The Kier molecular flexibility index (Phi) is 4.99. The molecular formula is C16H13Cl2NO2. The number of carbonyl (C=O) groups is 2. The van der Waals surface area contributed by atoms with E-state index in [1.807, 2.05) is 0 Å². The molecule has 0 heterocycles. The molecule has 0 bridgehead atoms. The summed E-state index contributed by atoms with van der Waals surface area (Å²) in [7, 11) is 0. The predicted molar refractivity (Wildman–Crippen MR) is 85.2 cm³/mol. The predicted octanol–water partition coefficient (Wildman–Crippen LogP) is 4.38. The molecule has 0 aliphatic rings. The normalized spacial score (nSPS) is 10.2. The highest BCUT2D eigenvalue weighted by Crippen LogP contribution is 2.25. The standard InChI is InChI=1S/C16H13Cl2NO2/c1-10(20)11-5-7-12(8-6-11)19-16(21)9-13-14(17)3-2-4-15(13)18/h2-8H,9H2,1H3,(H,19,21). The third-order valence-electron chi connectivity index (χ3n) is 2.97. The summed E-state index contributed by atoms with van der Waals surface area (Å²) in [6.07, 6.45) is 0.0902. The molecule has 108 valence electrons. The number of hydrogen-bond donors (Lipinski definition) is 1. The maximum atomic E-state index is 12.0. The van der Waals surface area contributed by atoms with E-state index in [4.69, 9.17) is 23.2 Å². The van der Waals surface area contributed by atoms with Crippen molar-refractivity contribution < 1.29 is 9.59 Å². The largest absolute Gasteiger partial charge is 0.326 e. The summed E-state index contributed by atoms with van der Waals surface area (Å²) in [4.78, 5) is 23.2. The third-order valence-corrected chi connectivity index (χ3v) is 3.68. The van der Waals surface area contributed by atoms with Crippen molar-refractivity contribution in [3.05, 3.63) is 63.6 Å². The second-order valence-electron chi connectivity index (χ2n) is 4.56. The van der Waals surface area contributed by atoms with Gasteiger partial charge in [-0.2, -0.15) is 0 Å². The highest BCUT2D eigenvalue weighted by molar-refractivity contribution is 6.36. The van der Waals surface area contributed by atoms with Crippen LogP contribution in [-0.4, -0.2) is 11.7 Å². The number of ketones is 1. The van der Waals surface area contributed by atoms with Crippen molar-refractivity contribution in [1.29, 1.82) is 0 Å². The molecule has 0 fully saturated rings. The maximum Gasteiger partial charge on any atom is 0.228 e. The fourth-order valence-electron chi connectivity index (χ4n) is 1.86. The fourth-order valence-corrected chi connectivity index (χ4v) is 2.39. The second-order valence-corrected chi connectivity index (χ2v) is 5.37. The number of halogens is 2. The lowest BCUT2D eigenvalue weighted by molar-refractivity contribution is -0.115. The van der Waals surface area contributed by atoms with Gasteiger partial charge in [0.25, 0.3) is 0 Å². The zero-order chi connectivity index (χ0) is 15.4. The van der Waals surface area contributed by atoms with E-state index in [1.54, 1.807) is 42.5 Å². The van der Waals surface area contributed by atoms with E-state index in [0.29, 0.717) is 26.9 Å². The summed E-state index contributed by atoms with van der Waals surface area (Å²) < 4.78 is 0. The smallest absolute Gasteiger partial charge is 0.228 e. The molecule has 21 heavy (non-hydrogen) atoms. The van der Waals surface area contributed by atoms with Crippen LogP contribution < -0.4 is 5.32 Å². The average Bonchev–Trinajstić information content (AvgIpc) is 2.43. The van der Waals surface area contributed by atoms with Gasteiger partial charge < -0.3 is 5.32 Å².